The van der Waals surface area contributed by atoms with E-state index in [0.29, 0.717) is 28.9 Å². The van der Waals surface area contributed by atoms with Crippen molar-refractivity contribution in [2.75, 3.05) is 7.11 Å². The molecule has 0 bridgehead atoms. The molecule has 1 atom stereocenters. The highest BCUT2D eigenvalue weighted by Crippen LogP contribution is 2.33. The summed E-state index contributed by atoms with van der Waals surface area (Å²) in [5, 5.41) is 16.5. The molecule has 2 rings (SSSR count). The zero-order valence-corrected chi connectivity index (χ0v) is 12.3. The van der Waals surface area contributed by atoms with Crippen LogP contribution in [0.25, 0.3) is 0 Å². The van der Waals surface area contributed by atoms with Crippen LogP contribution in [-0.2, 0) is 11.3 Å². The third-order valence-corrected chi connectivity index (χ3v) is 3.47. The average Bonchev–Trinajstić information content (AvgIpc) is 3.22. The summed E-state index contributed by atoms with van der Waals surface area (Å²) in [6.45, 7) is 2.12. The van der Waals surface area contributed by atoms with E-state index in [9.17, 15) is 9.90 Å². The van der Waals surface area contributed by atoms with Gasteiger partial charge in [-0.25, -0.2) is 0 Å². The first kappa shape index (κ1) is 14.9. The van der Waals surface area contributed by atoms with Gasteiger partial charge >= 0.3 is 0 Å². The highest BCUT2D eigenvalue weighted by atomic mass is 35.5. The smallest absolute Gasteiger partial charge is 0.237 e. The van der Waals surface area contributed by atoms with Crippen LogP contribution in [0, 0.1) is 0 Å². The predicted octanol–water partition coefficient (Wildman–Crippen LogP) is 1.81. The molecule has 1 aliphatic carbocycles. The van der Waals surface area contributed by atoms with Gasteiger partial charge in [0.2, 0.25) is 5.91 Å². The fourth-order valence-electron chi connectivity index (χ4n) is 1.83. The Morgan fingerprint density at radius 2 is 2.25 bits per heavy atom. The van der Waals surface area contributed by atoms with Crippen LogP contribution in [0.2, 0.25) is 5.02 Å². The van der Waals surface area contributed by atoms with Crippen molar-refractivity contribution in [3.8, 4) is 11.5 Å². The number of phenols is 1. The molecule has 1 aromatic carbocycles. The average molecular weight is 299 g/mol. The number of nitrogens with one attached hydrogen (secondary N) is 2. The van der Waals surface area contributed by atoms with Crippen molar-refractivity contribution in [1.82, 2.24) is 10.6 Å². The molecule has 1 saturated carbocycles. The van der Waals surface area contributed by atoms with E-state index >= 15 is 0 Å². The normalized spacial score (nSPS) is 15.8. The third-order valence-electron chi connectivity index (χ3n) is 3.25. The Morgan fingerprint density at radius 1 is 1.55 bits per heavy atom. The molecule has 1 fully saturated rings. The van der Waals surface area contributed by atoms with Crippen molar-refractivity contribution >= 4 is 17.5 Å². The quantitative estimate of drug-likeness (QED) is 0.749. The number of halogens is 1. The summed E-state index contributed by atoms with van der Waals surface area (Å²) in [5.74, 6) is 0.338. The van der Waals surface area contributed by atoms with Gasteiger partial charge in [-0.15, -0.1) is 0 Å². The van der Waals surface area contributed by atoms with Gasteiger partial charge in [0.1, 0.15) is 0 Å². The Bertz CT molecular complexity index is 503. The van der Waals surface area contributed by atoms with Gasteiger partial charge in [-0.3, -0.25) is 4.79 Å². The molecule has 0 spiro atoms. The van der Waals surface area contributed by atoms with Crippen LogP contribution in [0.4, 0.5) is 0 Å². The van der Waals surface area contributed by atoms with Crippen molar-refractivity contribution in [2.24, 2.45) is 0 Å². The van der Waals surface area contributed by atoms with Gasteiger partial charge in [0.25, 0.3) is 0 Å². The molecular weight excluding hydrogens is 280 g/mol. The summed E-state index contributed by atoms with van der Waals surface area (Å²) in [6, 6.07) is 3.20. The second kappa shape index (κ2) is 6.33. The molecule has 5 nitrogen and oxygen atoms in total. The number of carbonyl (C=O) groups is 1. The Balaban J connectivity index is 1.95. The lowest BCUT2D eigenvalue weighted by Gasteiger charge is -2.15. The van der Waals surface area contributed by atoms with E-state index in [1.807, 2.05) is 0 Å². The number of hydrogen-bond donors (Lipinski definition) is 3. The molecular formula is C14H19ClN2O3. The Labute approximate surface area is 123 Å². The fraction of sp³-hybridized carbons (Fsp3) is 0.500. The lowest BCUT2D eigenvalue weighted by atomic mass is 10.1. The van der Waals surface area contributed by atoms with Gasteiger partial charge in [-0.2, -0.15) is 0 Å². The van der Waals surface area contributed by atoms with Crippen LogP contribution >= 0.6 is 11.6 Å². The lowest BCUT2D eigenvalue weighted by Crippen LogP contribution is -2.42. The molecule has 0 heterocycles. The minimum atomic E-state index is -0.333. The molecule has 0 saturated heterocycles. The Hall–Kier alpha value is -1.46. The minimum absolute atomic E-state index is 0.0269. The van der Waals surface area contributed by atoms with Crippen LogP contribution in [0.15, 0.2) is 12.1 Å². The Morgan fingerprint density at radius 3 is 2.85 bits per heavy atom. The van der Waals surface area contributed by atoms with Crippen molar-refractivity contribution in [3.05, 3.63) is 22.7 Å². The second-order valence-corrected chi connectivity index (χ2v) is 5.44. The molecule has 6 heteroatoms. The molecule has 0 aliphatic heterocycles. The third kappa shape index (κ3) is 3.77. The monoisotopic (exact) mass is 298 g/mol. The van der Waals surface area contributed by atoms with E-state index in [2.05, 4.69) is 10.6 Å². The fourth-order valence-corrected chi connectivity index (χ4v) is 2.06. The molecule has 20 heavy (non-hydrogen) atoms. The van der Waals surface area contributed by atoms with E-state index in [4.69, 9.17) is 16.3 Å². The standard InChI is InChI=1S/C14H19ClN2O3/c1-8(14(19)17-11-3-4-11)16-7-9-5-10(15)6-12(20-2)13(9)18/h5-6,8,11,16,18H,3-4,7H2,1-2H3,(H,17,19). The molecule has 1 unspecified atom stereocenters. The molecule has 1 amide bonds. The molecule has 3 N–H and O–H groups in total. The summed E-state index contributed by atoms with van der Waals surface area (Å²) in [4.78, 5) is 11.8. The SMILES string of the molecule is COc1cc(Cl)cc(CNC(C)C(=O)NC2CC2)c1O. The number of rotatable bonds is 6. The number of benzene rings is 1. The van der Waals surface area contributed by atoms with Gasteiger partial charge in [-0.05, 0) is 25.8 Å². The number of carbonyl (C=O) groups excluding carboxylic acids is 1. The maximum Gasteiger partial charge on any atom is 0.237 e. The van der Waals surface area contributed by atoms with Crippen LogP contribution in [0.5, 0.6) is 11.5 Å². The maximum absolute atomic E-state index is 11.8. The summed E-state index contributed by atoms with van der Waals surface area (Å²) in [7, 11) is 1.47. The van der Waals surface area contributed by atoms with Crippen LogP contribution in [-0.4, -0.2) is 30.2 Å². The lowest BCUT2D eigenvalue weighted by molar-refractivity contribution is -0.122. The second-order valence-electron chi connectivity index (χ2n) is 5.00. The number of aromatic hydroxyl groups is 1. The first-order valence-corrected chi connectivity index (χ1v) is 6.98. The van der Waals surface area contributed by atoms with Gasteiger partial charge in [-0.1, -0.05) is 11.6 Å². The summed E-state index contributed by atoms with van der Waals surface area (Å²) in [6.07, 6.45) is 2.12. The zero-order chi connectivity index (χ0) is 14.7. The molecule has 0 aromatic heterocycles. The highest BCUT2D eigenvalue weighted by Gasteiger charge is 2.25. The highest BCUT2D eigenvalue weighted by molar-refractivity contribution is 6.30. The summed E-state index contributed by atoms with van der Waals surface area (Å²) in [5.41, 5.74) is 0.598. The van der Waals surface area contributed by atoms with Gasteiger partial charge in [0.15, 0.2) is 11.5 Å². The Kier molecular flexibility index (Phi) is 4.73. The van der Waals surface area contributed by atoms with Crippen molar-refractivity contribution < 1.29 is 14.6 Å². The maximum atomic E-state index is 11.8. The summed E-state index contributed by atoms with van der Waals surface area (Å²) >= 11 is 5.96. The minimum Gasteiger partial charge on any atom is -0.504 e. The van der Waals surface area contributed by atoms with Crippen molar-refractivity contribution in [2.45, 2.75) is 38.4 Å². The van der Waals surface area contributed by atoms with Crippen LogP contribution in [0.1, 0.15) is 25.3 Å². The number of phenolic OH excluding ortho intramolecular Hbond substituents is 1. The van der Waals surface area contributed by atoms with Gasteiger partial charge in [0, 0.05) is 29.2 Å². The van der Waals surface area contributed by atoms with E-state index in [1.54, 1.807) is 19.1 Å². The number of hydrogen-bond acceptors (Lipinski definition) is 4. The van der Waals surface area contributed by atoms with E-state index < -0.39 is 0 Å². The largest absolute Gasteiger partial charge is 0.504 e. The van der Waals surface area contributed by atoms with Gasteiger partial charge in [0.05, 0.1) is 13.2 Å². The van der Waals surface area contributed by atoms with Crippen LogP contribution in [0.3, 0.4) is 0 Å². The molecule has 110 valence electrons. The van der Waals surface area contributed by atoms with Gasteiger partial charge < -0.3 is 20.5 Å². The molecule has 1 aromatic rings. The number of amides is 1. The number of ether oxygens (including phenoxy) is 1. The molecule has 0 radical (unpaired) electrons. The zero-order valence-electron chi connectivity index (χ0n) is 11.6. The number of methoxy groups -OCH3 is 1. The molecule has 1 aliphatic rings. The predicted molar refractivity (Wildman–Crippen MR) is 77.1 cm³/mol. The first-order chi connectivity index (χ1) is 9.51. The van der Waals surface area contributed by atoms with E-state index in [-0.39, 0.29) is 17.7 Å². The van der Waals surface area contributed by atoms with Crippen molar-refractivity contribution in [1.29, 1.82) is 0 Å². The van der Waals surface area contributed by atoms with Crippen molar-refractivity contribution in [3.63, 3.8) is 0 Å². The van der Waals surface area contributed by atoms with Crippen LogP contribution < -0.4 is 15.4 Å². The van der Waals surface area contributed by atoms with E-state index in [0.717, 1.165) is 12.8 Å². The van der Waals surface area contributed by atoms with E-state index in [1.165, 1.54) is 7.11 Å². The topological polar surface area (TPSA) is 70.6 Å². The first-order valence-electron chi connectivity index (χ1n) is 6.60. The summed E-state index contributed by atoms with van der Waals surface area (Å²) < 4.78 is 5.04.